The van der Waals surface area contributed by atoms with Crippen molar-refractivity contribution in [1.82, 2.24) is 0 Å². The van der Waals surface area contributed by atoms with Crippen LogP contribution in [0.1, 0.15) is 36.0 Å². The first kappa shape index (κ1) is 8.55. The lowest BCUT2D eigenvalue weighted by Gasteiger charge is -2.10. The number of aryl methyl sites for hydroxylation is 2. The molecule has 0 heteroatoms. The van der Waals surface area contributed by atoms with Gasteiger partial charge in [-0.15, -0.1) is 0 Å². The van der Waals surface area contributed by atoms with Gasteiger partial charge in [-0.2, -0.15) is 0 Å². The summed E-state index contributed by atoms with van der Waals surface area (Å²) < 4.78 is 0. The van der Waals surface area contributed by atoms with Crippen LogP contribution in [0.2, 0.25) is 0 Å². The summed E-state index contributed by atoms with van der Waals surface area (Å²) in [5.41, 5.74) is 5.91. The summed E-state index contributed by atoms with van der Waals surface area (Å²) in [6, 6.07) is 6.56. The second kappa shape index (κ2) is 3.37. The number of benzene rings is 1. The van der Waals surface area contributed by atoms with Gasteiger partial charge < -0.3 is 0 Å². The molecule has 0 N–H and O–H groups in total. The smallest absolute Gasteiger partial charge is 0.0169 e. The van der Waals surface area contributed by atoms with Gasteiger partial charge in [-0.1, -0.05) is 24.3 Å². The fourth-order valence-corrected chi connectivity index (χ4v) is 2.22. The van der Waals surface area contributed by atoms with Crippen LogP contribution < -0.4 is 0 Å². The van der Waals surface area contributed by atoms with Gasteiger partial charge in [-0.05, 0) is 55.4 Å². The predicted molar refractivity (Wildman–Crippen MR) is 57.7 cm³/mol. The molecular weight excluding hydrogens is 156 g/mol. The van der Waals surface area contributed by atoms with Gasteiger partial charge in [0.2, 0.25) is 0 Å². The third-order valence-corrected chi connectivity index (χ3v) is 2.84. The van der Waals surface area contributed by atoms with E-state index in [9.17, 15) is 0 Å². The van der Waals surface area contributed by atoms with E-state index in [0.29, 0.717) is 0 Å². The van der Waals surface area contributed by atoms with E-state index in [-0.39, 0.29) is 0 Å². The molecule has 0 aliphatic heterocycles. The summed E-state index contributed by atoms with van der Waals surface area (Å²) in [7, 11) is 0. The van der Waals surface area contributed by atoms with Gasteiger partial charge in [0, 0.05) is 0 Å². The molecule has 1 aliphatic rings. The van der Waals surface area contributed by atoms with Crippen LogP contribution in [0.3, 0.4) is 0 Å². The molecule has 0 saturated carbocycles. The monoisotopic (exact) mass is 172 g/mol. The second-order valence-corrected chi connectivity index (χ2v) is 3.89. The summed E-state index contributed by atoms with van der Waals surface area (Å²) in [5, 5.41) is 0. The van der Waals surface area contributed by atoms with E-state index in [4.69, 9.17) is 0 Å². The minimum atomic E-state index is 1.27. The molecule has 0 radical (unpaired) electrons. The minimum Gasteiger partial charge on any atom is -0.0807 e. The zero-order chi connectivity index (χ0) is 9.26. The molecule has 0 nitrogen and oxygen atoms in total. The van der Waals surface area contributed by atoms with Crippen molar-refractivity contribution in [2.45, 2.75) is 33.1 Å². The number of hydrogen-bond acceptors (Lipinski definition) is 0. The maximum atomic E-state index is 2.40. The highest BCUT2D eigenvalue weighted by molar-refractivity contribution is 5.71. The summed E-state index contributed by atoms with van der Waals surface area (Å²) in [5.74, 6) is 0. The van der Waals surface area contributed by atoms with Crippen LogP contribution >= 0.6 is 0 Å². The average molecular weight is 172 g/mol. The van der Waals surface area contributed by atoms with Gasteiger partial charge in [0.1, 0.15) is 0 Å². The molecule has 0 fully saturated rings. The highest BCUT2D eigenvalue weighted by Crippen LogP contribution is 2.31. The Balaban J connectivity index is 2.49. The lowest BCUT2D eigenvalue weighted by atomic mass is 9.95. The van der Waals surface area contributed by atoms with Crippen molar-refractivity contribution in [2.24, 2.45) is 0 Å². The van der Waals surface area contributed by atoms with Crippen molar-refractivity contribution in [3.05, 3.63) is 41.0 Å². The van der Waals surface area contributed by atoms with E-state index in [1.165, 1.54) is 36.0 Å². The van der Waals surface area contributed by atoms with Crippen molar-refractivity contribution in [3.8, 4) is 0 Å². The topological polar surface area (TPSA) is 0 Å². The Morgan fingerprint density at radius 1 is 1.08 bits per heavy atom. The standard InChI is InChI=1S/C13H16/c1-10-6-5-7-11(2)13(10)12-8-3-4-9-12/h5-8H,3-4,9H2,1-2H3. The molecule has 1 aromatic carbocycles. The molecule has 13 heavy (non-hydrogen) atoms. The Hall–Kier alpha value is -1.04. The molecule has 0 aromatic heterocycles. The fourth-order valence-electron chi connectivity index (χ4n) is 2.22. The van der Waals surface area contributed by atoms with Crippen LogP contribution in [0.15, 0.2) is 24.3 Å². The molecule has 0 atom stereocenters. The summed E-state index contributed by atoms with van der Waals surface area (Å²) in [4.78, 5) is 0. The van der Waals surface area contributed by atoms with Crippen LogP contribution in [-0.4, -0.2) is 0 Å². The highest BCUT2D eigenvalue weighted by atomic mass is 14.2. The molecule has 0 bridgehead atoms. The Kier molecular flexibility index (Phi) is 2.22. The van der Waals surface area contributed by atoms with Crippen LogP contribution in [0.25, 0.3) is 5.57 Å². The minimum absolute atomic E-state index is 1.27. The van der Waals surface area contributed by atoms with Crippen molar-refractivity contribution < 1.29 is 0 Å². The van der Waals surface area contributed by atoms with Crippen molar-refractivity contribution in [1.29, 1.82) is 0 Å². The molecular formula is C13H16. The first-order valence-corrected chi connectivity index (χ1v) is 5.04. The lowest BCUT2D eigenvalue weighted by molar-refractivity contribution is 0.934. The maximum absolute atomic E-state index is 2.40. The lowest BCUT2D eigenvalue weighted by Crippen LogP contribution is -1.90. The third-order valence-electron chi connectivity index (χ3n) is 2.84. The summed E-state index contributed by atoms with van der Waals surface area (Å²) >= 11 is 0. The molecule has 0 unspecified atom stereocenters. The predicted octanol–water partition coefficient (Wildman–Crippen LogP) is 3.87. The van der Waals surface area contributed by atoms with Gasteiger partial charge in [0.05, 0.1) is 0 Å². The molecule has 1 aromatic rings. The Bertz CT molecular complexity index is 325. The molecule has 0 amide bonds. The van der Waals surface area contributed by atoms with Crippen LogP contribution in [0, 0.1) is 13.8 Å². The molecule has 68 valence electrons. The van der Waals surface area contributed by atoms with E-state index in [2.05, 4.69) is 38.1 Å². The van der Waals surface area contributed by atoms with E-state index in [0.717, 1.165) is 0 Å². The number of hydrogen-bond donors (Lipinski definition) is 0. The SMILES string of the molecule is Cc1cccc(C)c1C1=CCCC1. The zero-order valence-corrected chi connectivity index (χ0v) is 8.43. The Morgan fingerprint density at radius 2 is 1.77 bits per heavy atom. The highest BCUT2D eigenvalue weighted by Gasteiger charge is 2.10. The fraction of sp³-hybridized carbons (Fsp3) is 0.385. The van der Waals surface area contributed by atoms with Crippen molar-refractivity contribution in [2.75, 3.05) is 0 Å². The van der Waals surface area contributed by atoms with E-state index in [1.54, 1.807) is 5.57 Å². The Morgan fingerprint density at radius 3 is 2.31 bits per heavy atom. The first-order valence-electron chi connectivity index (χ1n) is 5.04. The zero-order valence-electron chi connectivity index (χ0n) is 8.43. The van der Waals surface area contributed by atoms with Crippen LogP contribution in [0.5, 0.6) is 0 Å². The van der Waals surface area contributed by atoms with Gasteiger partial charge in [0.15, 0.2) is 0 Å². The summed E-state index contributed by atoms with van der Waals surface area (Å²) in [6.45, 7) is 4.42. The van der Waals surface area contributed by atoms with E-state index in [1.807, 2.05) is 0 Å². The van der Waals surface area contributed by atoms with Gasteiger partial charge in [-0.3, -0.25) is 0 Å². The van der Waals surface area contributed by atoms with Gasteiger partial charge >= 0.3 is 0 Å². The van der Waals surface area contributed by atoms with E-state index >= 15 is 0 Å². The second-order valence-electron chi connectivity index (χ2n) is 3.89. The molecule has 0 heterocycles. The number of allylic oxidation sites excluding steroid dienone is 2. The largest absolute Gasteiger partial charge is 0.0807 e. The van der Waals surface area contributed by atoms with Gasteiger partial charge in [0.25, 0.3) is 0 Å². The number of rotatable bonds is 1. The third kappa shape index (κ3) is 1.53. The molecule has 2 rings (SSSR count). The van der Waals surface area contributed by atoms with Gasteiger partial charge in [-0.25, -0.2) is 0 Å². The summed E-state index contributed by atoms with van der Waals surface area (Å²) in [6.07, 6.45) is 6.27. The van der Waals surface area contributed by atoms with Crippen molar-refractivity contribution >= 4 is 5.57 Å². The molecule has 0 saturated heterocycles. The first-order chi connectivity index (χ1) is 6.29. The molecule has 1 aliphatic carbocycles. The van der Waals surface area contributed by atoms with E-state index < -0.39 is 0 Å². The Labute approximate surface area is 80.3 Å². The van der Waals surface area contributed by atoms with Crippen LogP contribution in [0.4, 0.5) is 0 Å². The quantitative estimate of drug-likeness (QED) is 0.603. The van der Waals surface area contributed by atoms with Crippen molar-refractivity contribution in [3.63, 3.8) is 0 Å². The molecule has 0 spiro atoms. The average Bonchev–Trinajstić information content (AvgIpc) is 2.57. The van der Waals surface area contributed by atoms with Crippen LogP contribution in [-0.2, 0) is 0 Å². The normalized spacial score (nSPS) is 16.0. The maximum Gasteiger partial charge on any atom is -0.0169 e.